The Hall–Kier alpha value is -2.90. The maximum absolute atomic E-state index is 12.3. The summed E-state index contributed by atoms with van der Waals surface area (Å²) in [7, 11) is 0. The molecular formula is C18H23N5O3. The number of nitrogens with one attached hydrogen (secondary N) is 1. The molecular weight excluding hydrogens is 334 g/mol. The summed E-state index contributed by atoms with van der Waals surface area (Å²) in [5.41, 5.74) is 0.920. The fraction of sp³-hybridized carbons (Fsp3) is 0.444. The average molecular weight is 357 g/mol. The standard InChI is InChI=1S/C18H23N5O3/c1-2-26-17(24)15-5-8-22(9-6-15)18(25)21-12-14-3-4-16(20-11-14)23-10-7-19-13-23/h3-4,7,10-11,13,15H,2,5-6,8-9,12H2,1H3,(H,21,25). The fourth-order valence-corrected chi connectivity index (χ4v) is 2.94. The van der Waals surface area contributed by atoms with Gasteiger partial charge < -0.3 is 15.0 Å². The second kappa shape index (κ2) is 8.46. The number of urea groups is 1. The number of imidazole rings is 1. The zero-order valence-corrected chi connectivity index (χ0v) is 14.8. The van der Waals surface area contributed by atoms with Crippen molar-refractivity contribution in [3.05, 3.63) is 42.6 Å². The van der Waals surface area contributed by atoms with Crippen molar-refractivity contribution in [1.29, 1.82) is 0 Å². The van der Waals surface area contributed by atoms with Crippen molar-refractivity contribution in [2.45, 2.75) is 26.3 Å². The number of likely N-dealkylation sites (tertiary alicyclic amines) is 1. The molecule has 3 heterocycles. The van der Waals surface area contributed by atoms with E-state index in [-0.39, 0.29) is 17.9 Å². The first-order valence-corrected chi connectivity index (χ1v) is 8.80. The van der Waals surface area contributed by atoms with Crippen molar-refractivity contribution in [2.24, 2.45) is 5.92 Å². The quantitative estimate of drug-likeness (QED) is 0.824. The first kappa shape index (κ1) is 17.9. The molecule has 8 heteroatoms. The second-order valence-corrected chi connectivity index (χ2v) is 6.17. The third kappa shape index (κ3) is 4.38. The molecule has 0 aromatic carbocycles. The third-order valence-electron chi connectivity index (χ3n) is 4.42. The monoisotopic (exact) mass is 357 g/mol. The topological polar surface area (TPSA) is 89.4 Å². The molecule has 8 nitrogen and oxygen atoms in total. The fourth-order valence-electron chi connectivity index (χ4n) is 2.94. The number of hydrogen-bond acceptors (Lipinski definition) is 5. The number of pyridine rings is 1. The Balaban J connectivity index is 1.45. The number of hydrogen-bond donors (Lipinski definition) is 1. The Morgan fingerprint density at radius 2 is 2.12 bits per heavy atom. The minimum Gasteiger partial charge on any atom is -0.466 e. The van der Waals surface area contributed by atoms with Crippen LogP contribution in [-0.4, -0.2) is 51.1 Å². The van der Waals surface area contributed by atoms with E-state index in [1.54, 1.807) is 30.5 Å². The summed E-state index contributed by atoms with van der Waals surface area (Å²) in [5.74, 6) is 0.522. The molecule has 1 N–H and O–H groups in total. The summed E-state index contributed by atoms with van der Waals surface area (Å²) >= 11 is 0. The van der Waals surface area contributed by atoms with Crippen molar-refractivity contribution in [3.63, 3.8) is 0 Å². The van der Waals surface area contributed by atoms with E-state index in [4.69, 9.17) is 4.74 Å². The van der Waals surface area contributed by atoms with Crippen LogP contribution in [0.5, 0.6) is 0 Å². The highest BCUT2D eigenvalue weighted by molar-refractivity contribution is 5.76. The molecule has 1 aliphatic heterocycles. The van der Waals surface area contributed by atoms with Gasteiger partial charge in [-0.3, -0.25) is 9.36 Å². The van der Waals surface area contributed by atoms with E-state index in [2.05, 4.69) is 15.3 Å². The highest BCUT2D eigenvalue weighted by Gasteiger charge is 2.28. The minimum absolute atomic E-state index is 0.0982. The van der Waals surface area contributed by atoms with Crippen LogP contribution in [0.15, 0.2) is 37.1 Å². The van der Waals surface area contributed by atoms with Crippen molar-refractivity contribution < 1.29 is 14.3 Å². The maximum atomic E-state index is 12.3. The van der Waals surface area contributed by atoms with Gasteiger partial charge in [-0.1, -0.05) is 6.07 Å². The zero-order valence-electron chi connectivity index (χ0n) is 14.8. The molecule has 3 rings (SSSR count). The zero-order chi connectivity index (χ0) is 18.4. The van der Waals surface area contributed by atoms with Crippen LogP contribution in [0.25, 0.3) is 5.82 Å². The highest BCUT2D eigenvalue weighted by Crippen LogP contribution is 2.18. The van der Waals surface area contributed by atoms with E-state index >= 15 is 0 Å². The van der Waals surface area contributed by atoms with Gasteiger partial charge in [0.05, 0.1) is 12.5 Å². The highest BCUT2D eigenvalue weighted by atomic mass is 16.5. The Bertz CT molecular complexity index is 722. The molecule has 138 valence electrons. The van der Waals surface area contributed by atoms with E-state index in [1.807, 2.05) is 22.9 Å². The molecule has 26 heavy (non-hydrogen) atoms. The lowest BCUT2D eigenvalue weighted by Crippen LogP contribution is -2.45. The van der Waals surface area contributed by atoms with Gasteiger partial charge in [0, 0.05) is 38.2 Å². The van der Waals surface area contributed by atoms with E-state index in [9.17, 15) is 9.59 Å². The Morgan fingerprint density at radius 1 is 1.31 bits per heavy atom. The van der Waals surface area contributed by atoms with Gasteiger partial charge in [0.15, 0.2) is 0 Å². The second-order valence-electron chi connectivity index (χ2n) is 6.17. The average Bonchev–Trinajstić information content (AvgIpc) is 3.21. The number of rotatable bonds is 5. The first-order valence-electron chi connectivity index (χ1n) is 8.80. The summed E-state index contributed by atoms with van der Waals surface area (Å²) in [5, 5.41) is 2.90. The van der Waals surface area contributed by atoms with Crippen LogP contribution in [0.4, 0.5) is 4.79 Å². The van der Waals surface area contributed by atoms with Crippen LogP contribution < -0.4 is 5.32 Å². The van der Waals surface area contributed by atoms with Crippen molar-refractivity contribution >= 4 is 12.0 Å². The van der Waals surface area contributed by atoms with Crippen molar-refractivity contribution in [3.8, 4) is 5.82 Å². The molecule has 0 aliphatic carbocycles. The molecule has 2 amide bonds. The number of nitrogens with zero attached hydrogens (tertiary/aromatic N) is 4. The summed E-state index contributed by atoms with van der Waals surface area (Å²) < 4.78 is 6.86. The minimum atomic E-state index is -0.156. The van der Waals surface area contributed by atoms with Crippen LogP contribution in [0.3, 0.4) is 0 Å². The maximum Gasteiger partial charge on any atom is 0.317 e. The van der Waals surface area contributed by atoms with Gasteiger partial charge in [0.25, 0.3) is 0 Å². The normalized spacial score (nSPS) is 14.9. The Kier molecular flexibility index (Phi) is 5.83. The Morgan fingerprint density at radius 3 is 2.73 bits per heavy atom. The lowest BCUT2D eigenvalue weighted by molar-refractivity contribution is -0.149. The van der Waals surface area contributed by atoms with Crippen LogP contribution >= 0.6 is 0 Å². The summed E-state index contributed by atoms with van der Waals surface area (Å²) in [6, 6.07) is 3.69. The third-order valence-corrected chi connectivity index (χ3v) is 4.42. The lowest BCUT2D eigenvalue weighted by atomic mass is 9.97. The SMILES string of the molecule is CCOC(=O)C1CCN(C(=O)NCc2ccc(-n3ccnc3)nc2)CC1. The van der Waals surface area contributed by atoms with Crippen molar-refractivity contribution in [2.75, 3.05) is 19.7 Å². The molecule has 0 atom stereocenters. The lowest BCUT2D eigenvalue weighted by Gasteiger charge is -2.30. The number of piperidine rings is 1. The van der Waals surface area contributed by atoms with E-state index in [1.165, 1.54) is 0 Å². The molecule has 0 bridgehead atoms. The van der Waals surface area contributed by atoms with Crippen LogP contribution in [0.1, 0.15) is 25.3 Å². The molecule has 1 aliphatic rings. The molecule has 0 saturated carbocycles. The first-order chi connectivity index (χ1) is 12.7. The van der Waals surface area contributed by atoms with Gasteiger partial charge in [0.2, 0.25) is 0 Å². The molecule has 2 aromatic heterocycles. The molecule has 0 spiro atoms. The van der Waals surface area contributed by atoms with Crippen molar-refractivity contribution in [1.82, 2.24) is 24.8 Å². The molecule has 1 saturated heterocycles. The molecule has 0 unspecified atom stereocenters. The number of aromatic nitrogens is 3. The summed E-state index contributed by atoms with van der Waals surface area (Å²) in [6.07, 6.45) is 8.23. The number of esters is 1. The number of ether oxygens (including phenoxy) is 1. The molecule has 2 aromatic rings. The van der Waals surface area contributed by atoms with Gasteiger partial charge in [-0.15, -0.1) is 0 Å². The summed E-state index contributed by atoms with van der Waals surface area (Å²) in [6.45, 7) is 3.73. The molecule has 1 fully saturated rings. The van der Waals surface area contributed by atoms with Gasteiger partial charge in [-0.05, 0) is 31.4 Å². The number of carbonyl (C=O) groups excluding carboxylic acids is 2. The van der Waals surface area contributed by atoms with E-state index in [0.717, 1.165) is 11.4 Å². The smallest absolute Gasteiger partial charge is 0.317 e. The van der Waals surface area contributed by atoms with Gasteiger partial charge >= 0.3 is 12.0 Å². The van der Waals surface area contributed by atoms with Gasteiger partial charge in [0.1, 0.15) is 12.1 Å². The van der Waals surface area contributed by atoms with E-state index < -0.39 is 0 Å². The number of amides is 2. The molecule has 0 radical (unpaired) electrons. The van der Waals surface area contributed by atoms with Gasteiger partial charge in [-0.25, -0.2) is 14.8 Å². The van der Waals surface area contributed by atoms with Gasteiger partial charge in [-0.2, -0.15) is 0 Å². The van der Waals surface area contributed by atoms with Crippen LogP contribution in [-0.2, 0) is 16.1 Å². The summed E-state index contributed by atoms with van der Waals surface area (Å²) in [4.78, 5) is 34.1. The number of carbonyl (C=O) groups is 2. The predicted molar refractivity (Wildman–Crippen MR) is 94.5 cm³/mol. The largest absolute Gasteiger partial charge is 0.466 e. The predicted octanol–water partition coefficient (Wildman–Crippen LogP) is 1.75. The Labute approximate surface area is 152 Å². The van der Waals surface area contributed by atoms with Crippen LogP contribution in [0, 0.1) is 5.92 Å². The van der Waals surface area contributed by atoms with Crippen LogP contribution in [0.2, 0.25) is 0 Å². The van der Waals surface area contributed by atoms with E-state index in [0.29, 0.717) is 39.1 Å².